The molecule has 0 aliphatic heterocycles. The van der Waals surface area contributed by atoms with E-state index in [2.05, 4.69) is 32.9 Å². The first kappa shape index (κ1) is 12.8. The minimum absolute atomic E-state index is 0.149. The van der Waals surface area contributed by atoms with Crippen molar-refractivity contribution >= 4 is 5.97 Å². The van der Waals surface area contributed by atoms with Gasteiger partial charge in [-0.25, -0.2) is 0 Å². The van der Waals surface area contributed by atoms with Crippen LogP contribution >= 0.6 is 0 Å². The van der Waals surface area contributed by atoms with Crippen molar-refractivity contribution < 1.29 is 9.90 Å². The summed E-state index contributed by atoms with van der Waals surface area (Å²) < 4.78 is 0. The van der Waals surface area contributed by atoms with Crippen LogP contribution in [0, 0.1) is 0 Å². The van der Waals surface area contributed by atoms with Gasteiger partial charge in [0.1, 0.15) is 0 Å². The second kappa shape index (κ2) is 5.69. The summed E-state index contributed by atoms with van der Waals surface area (Å²) in [6.45, 7) is 6.30. The molecule has 0 spiro atoms. The summed E-state index contributed by atoms with van der Waals surface area (Å²) in [5.74, 6) is -0.742. The van der Waals surface area contributed by atoms with Crippen LogP contribution in [0.25, 0.3) is 0 Å². The van der Waals surface area contributed by atoms with E-state index in [-0.39, 0.29) is 6.42 Å². The Balaban J connectivity index is 3.25. The third-order valence-corrected chi connectivity index (χ3v) is 2.99. The van der Waals surface area contributed by atoms with Crippen LogP contribution in [0.3, 0.4) is 0 Å². The Morgan fingerprint density at radius 1 is 1.06 bits per heavy atom. The summed E-state index contributed by atoms with van der Waals surface area (Å²) >= 11 is 0. The van der Waals surface area contributed by atoms with Crippen molar-refractivity contribution in [2.45, 2.75) is 46.5 Å². The third-order valence-electron chi connectivity index (χ3n) is 2.99. The fourth-order valence-electron chi connectivity index (χ4n) is 2.08. The van der Waals surface area contributed by atoms with Crippen LogP contribution in [-0.2, 0) is 30.5 Å². The molecule has 0 heterocycles. The second-order valence-electron chi connectivity index (χ2n) is 4.02. The Morgan fingerprint density at radius 2 is 1.56 bits per heavy atom. The molecule has 2 nitrogen and oxygen atoms in total. The van der Waals surface area contributed by atoms with Gasteiger partial charge in [0.25, 0.3) is 0 Å². The molecule has 1 N–H and O–H groups in total. The van der Waals surface area contributed by atoms with Crippen LogP contribution in [0.5, 0.6) is 0 Å². The minimum Gasteiger partial charge on any atom is -0.481 e. The second-order valence-corrected chi connectivity index (χ2v) is 4.02. The van der Waals surface area contributed by atoms with E-state index in [4.69, 9.17) is 5.11 Å². The number of benzene rings is 1. The molecule has 1 rings (SSSR count). The number of rotatable bonds is 5. The molecule has 0 atom stereocenters. The predicted molar refractivity (Wildman–Crippen MR) is 65.9 cm³/mol. The van der Waals surface area contributed by atoms with Gasteiger partial charge >= 0.3 is 5.97 Å². The predicted octanol–water partition coefficient (Wildman–Crippen LogP) is 3.00. The van der Waals surface area contributed by atoms with Crippen molar-refractivity contribution in [3.8, 4) is 0 Å². The summed E-state index contributed by atoms with van der Waals surface area (Å²) in [5, 5.41) is 8.93. The van der Waals surface area contributed by atoms with E-state index < -0.39 is 5.97 Å². The van der Waals surface area contributed by atoms with Crippen molar-refractivity contribution in [2.75, 3.05) is 0 Å². The van der Waals surface area contributed by atoms with Crippen LogP contribution < -0.4 is 0 Å². The van der Waals surface area contributed by atoms with Crippen molar-refractivity contribution in [1.82, 2.24) is 0 Å². The summed E-state index contributed by atoms with van der Waals surface area (Å²) in [7, 11) is 0. The zero-order valence-electron chi connectivity index (χ0n) is 10.3. The third kappa shape index (κ3) is 2.84. The quantitative estimate of drug-likeness (QED) is 0.828. The van der Waals surface area contributed by atoms with E-state index in [1.54, 1.807) is 0 Å². The molecular weight excluding hydrogens is 200 g/mol. The zero-order chi connectivity index (χ0) is 12.1. The van der Waals surface area contributed by atoms with Crippen LogP contribution in [0.2, 0.25) is 0 Å². The van der Waals surface area contributed by atoms with Crippen molar-refractivity contribution in [3.63, 3.8) is 0 Å². The van der Waals surface area contributed by atoms with E-state index >= 15 is 0 Å². The average molecular weight is 220 g/mol. The summed E-state index contributed by atoms with van der Waals surface area (Å²) in [6, 6.07) is 4.30. The molecule has 2 heteroatoms. The lowest BCUT2D eigenvalue weighted by molar-refractivity contribution is -0.136. The number of hydrogen-bond acceptors (Lipinski definition) is 1. The van der Waals surface area contributed by atoms with Crippen LogP contribution in [0.1, 0.15) is 43.0 Å². The van der Waals surface area contributed by atoms with Gasteiger partial charge in [0.05, 0.1) is 6.42 Å². The molecule has 0 aliphatic carbocycles. The highest BCUT2D eigenvalue weighted by Crippen LogP contribution is 2.20. The maximum absolute atomic E-state index is 10.9. The van der Waals surface area contributed by atoms with E-state index in [0.717, 1.165) is 24.8 Å². The van der Waals surface area contributed by atoms with Crippen molar-refractivity contribution in [2.24, 2.45) is 0 Å². The maximum Gasteiger partial charge on any atom is 0.307 e. The first-order valence-electron chi connectivity index (χ1n) is 5.97. The number of aliphatic carboxylic acids is 1. The number of carbonyl (C=O) groups is 1. The van der Waals surface area contributed by atoms with Gasteiger partial charge in [-0.1, -0.05) is 32.9 Å². The molecule has 0 unspecified atom stereocenters. The smallest absolute Gasteiger partial charge is 0.307 e. The number of hydrogen-bond donors (Lipinski definition) is 1. The Morgan fingerprint density at radius 3 is 1.88 bits per heavy atom. The monoisotopic (exact) mass is 220 g/mol. The highest BCUT2D eigenvalue weighted by molar-refractivity contribution is 5.71. The van der Waals surface area contributed by atoms with E-state index in [1.807, 2.05) is 0 Å². The minimum atomic E-state index is -0.742. The van der Waals surface area contributed by atoms with Crippen LogP contribution in [0.15, 0.2) is 12.1 Å². The molecule has 1 aromatic carbocycles. The summed E-state index contributed by atoms with van der Waals surface area (Å²) in [4.78, 5) is 10.9. The molecule has 88 valence electrons. The molecule has 0 saturated carbocycles. The molecule has 0 aliphatic rings. The van der Waals surface area contributed by atoms with Gasteiger partial charge in [-0.2, -0.15) is 0 Å². The van der Waals surface area contributed by atoms with E-state index in [9.17, 15) is 4.79 Å². The lowest BCUT2D eigenvalue weighted by Crippen LogP contribution is -2.08. The Labute approximate surface area is 97.3 Å². The van der Waals surface area contributed by atoms with Crippen LogP contribution in [-0.4, -0.2) is 11.1 Å². The van der Waals surface area contributed by atoms with Gasteiger partial charge < -0.3 is 5.11 Å². The fourth-order valence-corrected chi connectivity index (χ4v) is 2.08. The first-order valence-corrected chi connectivity index (χ1v) is 5.97. The lowest BCUT2D eigenvalue weighted by Gasteiger charge is -2.13. The topological polar surface area (TPSA) is 37.3 Å². The highest BCUT2D eigenvalue weighted by Gasteiger charge is 2.11. The molecule has 0 radical (unpaired) electrons. The summed E-state index contributed by atoms with van der Waals surface area (Å²) in [5.41, 5.74) is 4.72. The molecule has 16 heavy (non-hydrogen) atoms. The summed E-state index contributed by atoms with van der Waals surface area (Å²) in [6.07, 6.45) is 2.97. The molecule has 0 bridgehead atoms. The van der Waals surface area contributed by atoms with Gasteiger partial charge in [-0.3, -0.25) is 4.79 Å². The zero-order valence-corrected chi connectivity index (χ0v) is 10.3. The van der Waals surface area contributed by atoms with E-state index in [0.29, 0.717) is 0 Å². The molecule has 0 fully saturated rings. The molecular formula is C14H20O2. The average Bonchev–Trinajstić information content (AvgIpc) is 2.28. The van der Waals surface area contributed by atoms with Gasteiger partial charge in [0.15, 0.2) is 0 Å². The molecule has 1 aromatic rings. The fraction of sp³-hybridized carbons (Fsp3) is 0.500. The maximum atomic E-state index is 10.9. The van der Waals surface area contributed by atoms with E-state index in [1.165, 1.54) is 16.7 Å². The largest absolute Gasteiger partial charge is 0.481 e. The number of carboxylic acids is 1. The van der Waals surface area contributed by atoms with Gasteiger partial charge in [-0.15, -0.1) is 0 Å². The molecule has 0 aromatic heterocycles. The van der Waals surface area contributed by atoms with Gasteiger partial charge in [0.2, 0.25) is 0 Å². The Hall–Kier alpha value is -1.31. The Bertz CT molecular complexity index is 355. The number of aryl methyl sites for hydroxylation is 3. The molecule has 0 saturated heterocycles. The normalized spacial score (nSPS) is 10.4. The van der Waals surface area contributed by atoms with Gasteiger partial charge in [-0.05, 0) is 41.5 Å². The highest BCUT2D eigenvalue weighted by atomic mass is 16.4. The molecule has 0 amide bonds. The Kier molecular flexibility index (Phi) is 4.53. The lowest BCUT2D eigenvalue weighted by atomic mass is 9.92. The SMILES string of the molecule is CCc1cc(CC)c(CC(=O)O)c(CC)c1. The van der Waals surface area contributed by atoms with Gasteiger partial charge in [0, 0.05) is 0 Å². The number of carboxylic acid groups (broad SMARTS) is 1. The standard InChI is InChI=1S/C14H20O2/c1-4-10-7-11(5-2)13(9-14(15)16)12(6-3)8-10/h7-8H,4-6,9H2,1-3H3,(H,15,16). The van der Waals surface area contributed by atoms with Crippen molar-refractivity contribution in [3.05, 3.63) is 34.4 Å². The van der Waals surface area contributed by atoms with Crippen molar-refractivity contribution in [1.29, 1.82) is 0 Å². The van der Waals surface area contributed by atoms with Crippen LogP contribution in [0.4, 0.5) is 0 Å². The first-order chi connectivity index (χ1) is 7.62.